The molecule has 0 bridgehead atoms. The van der Waals surface area contributed by atoms with E-state index in [0.717, 1.165) is 15.8 Å². The lowest BCUT2D eigenvalue weighted by Gasteiger charge is -2.24. The molecule has 3 rings (SSSR count). The first-order chi connectivity index (χ1) is 13.5. The van der Waals surface area contributed by atoms with Gasteiger partial charge in [0.2, 0.25) is 5.91 Å². The lowest BCUT2D eigenvalue weighted by Crippen LogP contribution is -2.34. The summed E-state index contributed by atoms with van der Waals surface area (Å²) in [7, 11) is 0. The molecule has 1 saturated heterocycles. The number of likely N-dealkylation sites (tertiary alicyclic amines) is 1. The molecule has 148 valence electrons. The Bertz CT molecular complexity index is 804. The van der Waals surface area contributed by atoms with Crippen molar-refractivity contribution in [1.29, 1.82) is 0 Å². The summed E-state index contributed by atoms with van der Waals surface area (Å²) in [5, 5.41) is 0. The molecule has 0 saturated carbocycles. The number of aryl methyl sites for hydroxylation is 1. The number of hydrogen-bond acceptors (Lipinski definition) is 4. The van der Waals surface area contributed by atoms with Crippen LogP contribution < -0.4 is 4.74 Å². The Morgan fingerprint density at radius 2 is 1.82 bits per heavy atom. The summed E-state index contributed by atoms with van der Waals surface area (Å²) in [6, 6.07) is 15.5. The molecular formula is C22H24BrNO4. The van der Waals surface area contributed by atoms with Crippen LogP contribution in [0.4, 0.5) is 0 Å². The second-order valence-electron chi connectivity index (χ2n) is 6.93. The van der Waals surface area contributed by atoms with Crippen LogP contribution in [-0.2, 0) is 20.9 Å². The number of hydrogen-bond donors (Lipinski definition) is 0. The monoisotopic (exact) mass is 445 g/mol. The Kier molecular flexibility index (Phi) is 7.09. The van der Waals surface area contributed by atoms with Gasteiger partial charge >= 0.3 is 5.97 Å². The van der Waals surface area contributed by atoms with E-state index in [-0.39, 0.29) is 30.9 Å². The van der Waals surface area contributed by atoms with E-state index >= 15 is 0 Å². The van der Waals surface area contributed by atoms with Gasteiger partial charge in [-0.1, -0.05) is 45.8 Å². The molecule has 1 fully saturated rings. The minimum Gasteiger partial charge on any atom is -0.490 e. The predicted octanol–water partition coefficient (Wildman–Crippen LogP) is 4.26. The number of ether oxygens (including phenoxy) is 2. The van der Waals surface area contributed by atoms with Gasteiger partial charge in [0.25, 0.3) is 0 Å². The summed E-state index contributed by atoms with van der Waals surface area (Å²) in [4.78, 5) is 26.2. The second-order valence-corrected chi connectivity index (χ2v) is 7.84. The number of halogens is 1. The van der Waals surface area contributed by atoms with Crippen molar-refractivity contribution in [2.24, 2.45) is 0 Å². The molecule has 1 heterocycles. The average Bonchev–Trinajstić information content (AvgIpc) is 3.02. The third kappa shape index (κ3) is 5.83. The van der Waals surface area contributed by atoms with Crippen molar-refractivity contribution in [2.45, 2.75) is 38.8 Å². The molecule has 1 amide bonds. The molecule has 1 atom stereocenters. The van der Waals surface area contributed by atoms with E-state index in [1.807, 2.05) is 55.5 Å². The van der Waals surface area contributed by atoms with Gasteiger partial charge in [-0.15, -0.1) is 0 Å². The Morgan fingerprint density at radius 3 is 2.54 bits per heavy atom. The van der Waals surface area contributed by atoms with Gasteiger partial charge in [0, 0.05) is 23.5 Å². The number of amides is 1. The lowest BCUT2D eigenvalue weighted by molar-refractivity contribution is -0.146. The number of rotatable bonds is 8. The molecule has 5 nitrogen and oxygen atoms in total. The molecule has 28 heavy (non-hydrogen) atoms. The van der Waals surface area contributed by atoms with Crippen LogP contribution in [-0.4, -0.2) is 36.0 Å². The van der Waals surface area contributed by atoms with Crippen LogP contribution in [0.1, 0.15) is 30.4 Å². The first-order valence-corrected chi connectivity index (χ1v) is 10.2. The molecule has 0 aromatic heterocycles. The topological polar surface area (TPSA) is 55.8 Å². The largest absolute Gasteiger partial charge is 0.490 e. The highest BCUT2D eigenvalue weighted by Crippen LogP contribution is 2.24. The summed E-state index contributed by atoms with van der Waals surface area (Å²) in [6.07, 6.45) is 1.39. The maximum Gasteiger partial charge on any atom is 0.307 e. The zero-order chi connectivity index (χ0) is 19.9. The van der Waals surface area contributed by atoms with Gasteiger partial charge in [0.15, 0.2) is 0 Å². The Balaban J connectivity index is 1.43. The minimum absolute atomic E-state index is 0.0944. The molecule has 6 heteroatoms. The van der Waals surface area contributed by atoms with E-state index in [9.17, 15) is 9.59 Å². The molecule has 0 aliphatic carbocycles. The van der Waals surface area contributed by atoms with Crippen molar-refractivity contribution in [3.63, 3.8) is 0 Å². The van der Waals surface area contributed by atoms with Crippen LogP contribution in [0, 0.1) is 6.92 Å². The van der Waals surface area contributed by atoms with Gasteiger partial charge in [0.1, 0.15) is 19.0 Å². The maximum atomic E-state index is 12.2. The molecule has 1 unspecified atom stereocenters. The van der Waals surface area contributed by atoms with Crippen LogP contribution in [0.2, 0.25) is 0 Å². The quantitative estimate of drug-likeness (QED) is 0.449. The number of carbonyl (C=O) groups excluding carboxylic acids is 2. The SMILES string of the molecule is Cc1ccc(CN2C(=O)CCC2CC(=O)OCCOc2ccc(Br)cc2)cc1. The number of benzene rings is 2. The molecule has 2 aromatic rings. The first-order valence-electron chi connectivity index (χ1n) is 9.40. The van der Waals surface area contributed by atoms with Crippen molar-refractivity contribution in [2.75, 3.05) is 13.2 Å². The summed E-state index contributed by atoms with van der Waals surface area (Å²) in [5.74, 6) is 0.523. The highest BCUT2D eigenvalue weighted by Gasteiger charge is 2.32. The normalized spacial score (nSPS) is 16.3. The van der Waals surface area contributed by atoms with Crippen molar-refractivity contribution in [3.8, 4) is 5.75 Å². The fraction of sp³-hybridized carbons (Fsp3) is 0.364. The molecule has 1 aliphatic rings. The maximum absolute atomic E-state index is 12.2. The molecule has 0 radical (unpaired) electrons. The molecule has 0 N–H and O–H groups in total. The predicted molar refractivity (Wildman–Crippen MR) is 110 cm³/mol. The van der Waals surface area contributed by atoms with E-state index in [2.05, 4.69) is 15.9 Å². The molecule has 2 aromatic carbocycles. The van der Waals surface area contributed by atoms with E-state index in [1.165, 1.54) is 5.56 Å². The fourth-order valence-corrected chi connectivity index (χ4v) is 3.47. The number of carbonyl (C=O) groups is 2. The Labute approximate surface area is 173 Å². The zero-order valence-electron chi connectivity index (χ0n) is 15.9. The minimum atomic E-state index is -0.298. The van der Waals surface area contributed by atoms with Crippen LogP contribution in [0.15, 0.2) is 53.0 Å². The molecule has 0 spiro atoms. The Hall–Kier alpha value is -2.34. The third-order valence-corrected chi connectivity index (χ3v) is 5.29. The van der Waals surface area contributed by atoms with E-state index in [4.69, 9.17) is 9.47 Å². The highest BCUT2D eigenvalue weighted by atomic mass is 79.9. The summed E-state index contributed by atoms with van der Waals surface area (Å²) in [5.41, 5.74) is 2.25. The van der Waals surface area contributed by atoms with Crippen molar-refractivity contribution in [1.82, 2.24) is 4.90 Å². The first kappa shape index (κ1) is 20.4. The van der Waals surface area contributed by atoms with Crippen LogP contribution in [0.3, 0.4) is 0 Å². The van der Waals surface area contributed by atoms with Crippen molar-refractivity contribution in [3.05, 3.63) is 64.1 Å². The smallest absolute Gasteiger partial charge is 0.307 e. The van der Waals surface area contributed by atoms with Crippen LogP contribution in [0.25, 0.3) is 0 Å². The van der Waals surface area contributed by atoms with Gasteiger partial charge in [-0.05, 0) is 43.2 Å². The number of nitrogens with zero attached hydrogens (tertiary/aromatic N) is 1. The van der Waals surface area contributed by atoms with E-state index in [1.54, 1.807) is 4.90 Å². The highest BCUT2D eigenvalue weighted by molar-refractivity contribution is 9.10. The van der Waals surface area contributed by atoms with Crippen molar-refractivity contribution < 1.29 is 19.1 Å². The standard InChI is InChI=1S/C22H24BrNO4/c1-16-2-4-17(5-3-16)15-24-19(8-11-21(24)25)14-22(26)28-13-12-27-20-9-6-18(23)7-10-20/h2-7,9-10,19H,8,11-15H2,1H3. The lowest BCUT2D eigenvalue weighted by atomic mass is 10.1. The van der Waals surface area contributed by atoms with Gasteiger partial charge in [-0.2, -0.15) is 0 Å². The average molecular weight is 446 g/mol. The Morgan fingerprint density at radius 1 is 1.11 bits per heavy atom. The van der Waals surface area contributed by atoms with Crippen molar-refractivity contribution >= 4 is 27.8 Å². The summed E-state index contributed by atoms with van der Waals surface area (Å²) in [6.45, 7) is 3.05. The zero-order valence-corrected chi connectivity index (χ0v) is 17.5. The van der Waals surface area contributed by atoms with Gasteiger partial charge in [-0.3, -0.25) is 9.59 Å². The number of esters is 1. The summed E-state index contributed by atoms with van der Waals surface area (Å²) < 4.78 is 11.8. The van der Waals surface area contributed by atoms with Gasteiger partial charge in [-0.25, -0.2) is 0 Å². The third-order valence-electron chi connectivity index (χ3n) is 4.76. The van der Waals surface area contributed by atoms with Crippen LogP contribution in [0.5, 0.6) is 5.75 Å². The van der Waals surface area contributed by atoms with Crippen LogP contribution >= 0.6 is 15.9 Å². The fourth-order valence-electron chi connectivity index (χ4n) is 3.21. The van der Waals surface area contributed by atoms with E-state index < -0.39 is 0 Å². The summed E-state index contributed by atoms with van der Waals surface area (Å²) >= 11 is 3.37. The molecular weight excluding hydrogens is 422 g/mol. The second kappa shape index (κ2) is 9.73. The molecule has 1 aliphatic heterocycles. The van der Waals surface area contributed by atoms with Gasteiger partial charge in [0.05, 0.1) is 6.42 Å². The van der Waals surface area contributed by atoms with E-state index in [0.29, 0.717) is 26.0 Å². The van der Waals surface area contributed by atoms with Gasteiger partial charge < -0.3 is 14.4 Å².